The predicted octanol–water partition coefficient (Wildman–Crippen LogP) is 2.31. The first kappa shape index (κ1) is 17.2. The average Bonchev–Trinajstić information content (AvgIpc) is 2.83. The van der Waals surface area contributed by atoms with Gasteiger partial charge in [0.1, 0.15) is 11.9 Å². The van der Waals surface area contributed by atoms with Crippen LogP contribution in [-0.4, -0.2) is 35.0 Å². The maximum atomic E-state index is 12.7. The molecule has 0 saturated carbocycles. The third kappa shape index (κ3) is 3.79. The summed E-state index contributed by atoms with van der Waals surface area (Å²) in [4.78, 5) is 40.1. The smallest absolute Gasteiger partial charge is 0.272 e. The van der Waals surface area contributed by atoms with Crippen LogP contribution < -0.4 is 5.32 Å². The normalized spacial score (nSPS) is 19.0. The molecule has 6 nitrogen and oxygen atoms in total. The van der Waals surface area contributed by atoms with E-state index >= 15 is 0 Å². The number of alkyl halides is 2. The standard InChI is InChI=1S/C14H15F2N3O3S/c1-7-9(5-11(23-7)13(15)16)17-8(2)19(6-20)10-3-4-12(21)18-14(10)22/h5-6,10,13H,3-4H2,1-2H3,(H,18,21,22). The molecule has 0 aromatic carbocycles. The fourth-order valence-electron chi connectivity index (χ4n) is 2.27. The second kappa shape index (κ2) is 6.95. The van der Waals surface area contributed by atoms with Crippen molar-refractivity contribution in [3.63, 3.8) is 0 Å². The summed E-state index contributed by atoms with van der Waals surface area (Å²) in [7, 11) is 0. The monoisotopic (exact) mass is 343 g/mol. The Morgan fingerprint density at radius 3 is 2.74 bits per heavy atom. The van der Waals surface area contributed by atoms with Crippen LogP contribution >= 0.6 is 11.3 Å². The van der Waals surface area contributed by atoms with Gasteiger partial charge < -0.3 is 0 Å². The van der Waals surface area contributed by atoms with Gasteiger partial charge in [0.25, 0.3) is 6.43 Å². The fraction of sp³-hybridized carbons (Fsp3) is 0.429. The van der Waals surface area contributed by atoms with Crippen LogP contribution in [0.25, 0.3) is 0 Å². The first-order valence-corrected chi connectivity index (χ1v) is 7.66. The number of hydrogen-bond acceptors (Lipinski definition) is 5. The molecular weight excluding hydrogens is 328 g/mol. The van der Waals surface area contributed by atoms with Crippen LogP contribution in [0.3, 0.4) is 0 Å². The second-order valence-corrected chi connectivity index (χ2v) is 6.32. The zero-order chi connectivity index (χ0) is 17.1. The van der Waals surface area contributed by atoms with E-state index < -0.39 is 18.4 Å². The zero-order valence-electron chi connectivity index (χ0n) is 12.5. The molecule has 1 unspecified atom stereocenters. The van der Waals surface area contributed by atoms with Crippen LogP contribution in [0, 0.1) is 6.92 Å². The molecule has 0 spiro atoms. The topological polar surface area (TPSA) is 78.8 Å². The number of aliphatic imine (C=N–C) groups is 1. The molecule has 3 amide bonds. The summed E-state index contributed by atoms with van der Waals surface area (Å²) in [5, 5.41) is 2.16. The first-order chi connectivity index (χ1) is 10.8. The van der Waals surface area contributed by atoms with E-state index in [1.807, 2.05) is 0 Å². The quantitative estimate of drug-likeness (QED) is 0.394. The van der Waals surface area contributed by atoms with Gasteiger partial charge in [0.15, 0.2) is 0 Å². The number of halogens is 2. The van der Waals surface area contributed by atoms with Crippen molar-refractivity contribution in [1.29, 1.82) is 0 Å². The molecule has 1 fully saturated rings. The van der Waals surface area contributed by atoms with Crippen LogP contribution in [0.1, 0.15) is 35.9 Å². The van der Waals surface area contributed by atoms with E-state index in [0.29, 0.717) is 17.0 Å². The van der Waals surface area contributed by atoms with Crippen LogP contribution in [0.4, 0.5) is 14.5 Å². The lowest BCUT2D eigenvalue weighted by atomic mass is 10.0. The minimum atomic E-state index is -2.58. The number of amides is 3. The number of piperidine rings is 1. The van der Waals surface area contributed by atoms with E-state index in [2.05, 4.69) is 10.3 Å². The van der Waals surface area contributed by atoms with Crippen LogP contribution in [-0.2, 0) is 14.4 Å². The van der Waals surface area contributed by atoms with E-state index in [9.17, 15) is 23.2 Å². The summed E-state index contributed by atoms with van der Waals surface area (Å²) in [5.74, 6) is -0.753. The summed E-state index contributed by atoms with van der Waals surface area (Å²) in [6, 6.07) is 0.434. The van der Waals surface area contributed by atoms with Gasteiger partial charge in [-0.15, -0.1) is 11.3 Å². The third-order valence-electron chi connectivity index (χ3n) is 3.44. The lowest BCUT2D eigenvalue weighted by Gasteiger charge is -2.29. The third-order valence-corrected chi connectivity index (χ3v) is 4.49. The van der Waals surface area contributed by atoms with Crippen molar-refractivity contribution in [3.8, 4) is 0 Å². The summed E-state index contributed by atoms with van der Waals surface area (Å²) in [6.45, 7) is 3.16. The van der Waals surface area contributed by atoms with Crippen molar-refractivity contribution in [2.45, 2.75) is 39.2 Å². The number of nitrogens with one attached hydrogen (secondary N) is 1. The van der Waals surface area contributed by atoms with Gasteiger partial charge >= 0.3 is 0 Å². The number of thiophene rings is 1. The van der Waals surface area contributed by atoms with Crippen molar-refractivity contribution < 1.29 is 23.2 Å². The van der Waals surface area contributed by atoms with Crippen LogP contribution in [0.15, 0.2) is 11.1 Å². The van der Waals surface area contributed by atoms with Gasteiger partial charge in [-0.2, -0.15) is 0 Å². The number of nitrogens with zero attached hydrogens (tertiary/aromatic N) is 2. The number of hydrogen-bond donors (Lipinski definition) is 1. The molecule has 1 atom stereocenters. The largest absolute Gasteiger partial charge is 0.295 e. The highest BCUT2D eigenvalue weighted by atomic mass is 32.1. The highest BCUT2D eigenvalue weighted by Gasteiger charge is 2.32. The summed E-state index contributed by atoms with van der Waals surface area (Å²) in [6.07, 6.45) is -1.81. The first-order valence-electron chi connectivity index (χ1n) is 6.84. The molecule has 0 bridgehead atoms. The van der Waals surface area contributed by atoms with Gasteiger partial charge in [-0.25, -0.2) is 13.8 Å². The van der Waals surface area contributed by atoms with Gasteiger partial charge in [-0.3, -0.25) is 24.6 Å². The van der Waals surface area contributed by atoms with Crippen molar-refractivity contribution >= 4 is 41.1 Å². The maximum Gasteiger partial charge on any atom is 0.272 e. The van der Waals surface area contributed by atoms with Crippen LogP contribution in [0.5, 0.6) is 0 Å². The van der Waals surface area contributed by atoms with Crippen LogP contribution in [0.2, 0.25) is 0 Å². The summed E-state index contributed by atoms with van der Waals surface area (Å²) >= 11 is 0.932. The lowest BCUT2D eigenvalue weighted by molar-refractivity contribution is -0.138. The molecule has 9 heteroatoms. The molecular formula is C14H15F2N3O3S. The SMILES string of the molecule is CC(=Nc1cc(C(F)F)sc1C)N(C=O)C1CCC(=O)NC1=O. The Bertz CT molecular complexity index is 672. The van der Waals surface area contributed by atoms with Crippen molar-refractivity contribution in [1.82, 2.24) is 10.2 Å². The molecule has 0 radical (unpaired) electrons. The Morgan fingerprint density at radius 1 is 1.52 bits per heavy atom. The van der Waals surface area contributed by atoms with Gasteiger partial charge in [-0.05, 0) is 26.3 Å². The van der Waals surface area contributed by atoms with Crippen molar-refractivity contribution in [2.75, 3.05) is 0 Å². The van der Waals surface area contributed by atoms with E-state index in [-0.39, 0.29) is 29.5 Å². The van der Waals surface area contributed by atoms with Gasteiger partial charge in [0.2, 0.25) is 18.2 Å². The maximum absolute atomic E-state index is 12.7. The number of aryl methyl sites for hydroxylation is 1. The molecule has 1 aromatic heterocycles. The van der Waals surface area contributed by atoms with E-state index in [4.69, 9.17) is 0 Å². The summed E-state index contributed by atoms with van der Waals surface area (Å²) < 4.78 is 25.4. The molecule has 2 rings (SSSR count). The number of carbonyl (C=O) groups excluding carboxylic acids is 3. The van der Waals surface area contributed by atoms with E-state index in [1.54, 1.807) is 6.92 Å². The summed E-state index contributed by atoms with van der Waals surface area (Å²) in [5.41, 5.74) is 0.335. The average molecular weight is 343 g/mol. The predicted molar refractivity (Wildman–Crippen MR) is 80.9 cm³/mol. The molecule has 0 aliphatic carbocycles. The fourth-order valence-corrected chi connectivity index (χ4v) is 3.09. The molecule has 1 N–H and O–H groups in total. The number of amidine groups is 1. The van der Waals surface area contributed by atoms with Gasteiger partial charge in [0.05, 0.1) is 10.6 Å². The Hall–Kier alpha value is -2.16. The molecule has 1 aliphatic heterocycles. The number of rotatable bonds is 4. The highest BCUT2D eigenvalue weighted by molar-refractivity contribution is 7.12. The second-order valence-electron chi connectivity index (χ2n) is 5.03. The Kier molecular flexibility index (Phi) is 5.19. The highest BCUT2D eigenvalue weighted by Crippen LogP contribution is 2.35. The van der Waals surface area contributed by atoms with Gasteiger partial charge in [0, 0.05) is 11.3 Å². The Labute approximate surface area is 135 Å². The Balaban J connectivity index is 2.25. The van der Waals surface area contributed by atoms with Gasteiger partial charge in [-0.1, -0.05) is 0 Å². The molecule has 1 aliphatic rings. The molecule has 2 heterocycles. The number of imide groups is 1. The Morgan fingerprint density at radius 2 is 2.22 bits per heavy atom. The van der Waals surface area contributed by atoms with E-state index in [1.165, 1.54) is 13.0 Å². The minimum Gasteiger partial charge on any atom is -0.295 e. The zero-order valence-corrected chi connectivity index (χ0v) is 13.3. The number of carbonyl (C=O) groups is 3. The minimum absolute atomic E-state index is 0.104. The van der Waals surface area contributed by atoms with Crippen molar-refractivity contribution in [3.05, 3.63) is 15.8 Å². The molecule has 1 saturated heterocycles. The lowest BCUT2D eigenvalue weighted by Crippen LogP contribution is -2.53. The molecule has 23 heavy (non-hydrogen) atoms. The molecule has 1 aromatic rings. The molecule has 124 valence electrons. The van der Waals surface area contributed by atoms with E-state index in [0.717, 1.165) is 16.2 Å². The van der Waals surface area contributed by atoms with Crippen molar-refractivity contribution in [2.24, 2.45) is 4.99 Å².